The Kier molecular flexibility index (Phi) is 45.8. The van der Waals surface area contributed by atoms with Crippen molar-refractivity contribution < 1.29 is 53.2 Å². The predicted octanol–water partition coefficient (Wildman–Crippen LogP) is -2.30. The van der Waals surface area contributed by atoms with E-state index in [4.69, 9.17) is 33.2 Å². The van der Waals surface area contributed by atoms with Gasteiger partial charge in [-0.05, 0) is 12.1 Å². The molecule has 2 nitrogen and oxygen atoms in total. The molecule has 0 aromatic heterocycles. The number of rotatable bonds is 10. The van der Waals surface area contributed by atoms with E-state index in [1.165, 1.54) is 86.8 Å². The van der Waals surface area contributed by atoms with Gasteiger partial charge in [0, 0.05) is 97.8 Å². The minimum Gasteiger partial charge on any atom is -0.423 e. The molecule has 0 amide bonds. The fourth-order valence-corrected chi connectivity index (χ4v) is 3.85. The maximum absolute atomic E-state index is 9.75. The summed E-state index contributed by atoms with van der Waals surface area (Å²) in [5.41, 5.74) is 3.00. The summed E-state index contributed by atoms with van der Waals surface area (Å²) in [5, 5.41) is 18.2. The molecular weight excluding hydrogens is 909 g/mol. The molecule has 0 fully saturated rings. The van der Waals surface area contributed by atoms with Gasteiger partial charge in [0.2, 0.25) is 0 Å². The van der Waals surface area contributed by atoms with E-state index in [0.29, 0.717) is 5.02 Å². The van der Waals surface area contributed by atoms with Gasteiger partial charge in [-0.1, -0.05) is 115 Å². The van der Waals surface area contributed by atoms with Gasteiger partial charge in [0.15, 0.2) is 7.28 Å². The molecule has 232 valence electrons. The SMILES string of the molecule is B(c1ccccc1)c1ccccc1.BBBBBBBBBB.Br.Br.CBC.F[B-](F)(F)F.OB(O)c1ccc(Cl)cc1Cl.[Hf]. The Morgan fingerprint density at radius 2 is 1.00 bits per heavy atom. The number of halogens is 8. The van der Waals surface area contributed by atoms with Gasteiger partial charge in [-0.2, -0.15) is 0 Å². The zero-order valence-corrected chi connectivity index (χ0v) is 35.2. The predicted molar refractivity (Wildman–Crippen MR) is 230 cm³/mol. The molecule has 2 N–H and O–H groups in total. The molecule has 0 saturated heterocycles. The topological polar surface area (TPSA) is 40.5 Å². The van der Waals surface area contributed by atoms with Crippen molar-refractivity contribution in [1.29, 1.82) is 0 Å². The minimum absolute atomic E-state index is 0. The molecule has 0 atom stereocenters. The van der Waals surface area contributed by atoms with Gasteiger partial charge in [-0.25, -0.2) is 0 Å². The average Bonchev–Trinajstić information content (AvgIpc) is 2.92. The van der Waals surface area contributed by atoms with Crippen LogP contribution in [-0.2, 0) is 25.8 Å². The number of hydrogen-bond donors (Lipinski definition) is 2. The second-order valence-electron chi connectivity index (χ2n) is 9.51. The maximum atomic E-state index is 9.75. The third kappa shape index (κ3) is 40.7. The molecule has 0 aliphatic heterocycles. The van der Waals surface area contributed by atoms with Gasteiger partial charge in [0.1, 0.15) is 7.28 Å². The summed E-state index contributed by atoms with van der Waals surface area (Å²) in [4.78, 5) is 0. The van der Waals surface area contributed by atoms with Crippen LogP contribution in [0.15, 0.2) is 78.9 Å². The van der Waals surface area contributed by atoms with Crippen molar-refractivity contribution in [3.8, 4) is 0 Å². The van der Waals surface area contributed by atoms with Crippen molar-refractivity contribution in [2.45, 2.75) is 13.6 Å². The van der Waals surface area contributed by atoms with Crippen LogP contribution in [0.25, 0.3) is 0 Å². The zero-order chi connectivity index (χ0) is 32.2. The first-order valence-electron chi connectivity index (χ1n) is 14.7. The molecule has 3 aromatic carbocycles. The van der Waals surface area contributed by atoms with Crippen molar-refractivity contribution in [1.82, 2.24) is 0 Å². The van der Waals surface area contributed by atoms with E-state index in [2.05, 4.69) is 89.8 Å². The van der Waals surface area contributed by atoms with Crippen LogP contribution in [0, 0.1) is 0 Å². The molecule has 0 bridgehead atoms. The molecule has 25 heteroatoms. The number of hydrogen-bond acceptors (Lipinski definition) is 2. The second kappa shape index (κ2) is 37.4. The van der Waals surface area contributed by atoms with Crippen LogP contribution in [0.2, 0.25) is 23.7 Å². The van der Waals surface area contributed by atoms with Crippen molar-refractivity contribution in [2.75, 3.05) is 0 Å². The Balaban J connectivity index is -0.000000155. The van der Waals surface area contributed by atoms with Crippen molar-refractivity contribution in [2.24, 2.45) is 0 Å². The normalized spacial score (nSPS) is 8.31. The molecule has 0 aliphatic rings. The van der Waals surface area contributed by atoms with E-state index < -0.39 is 14.4 Å². The molecule has 45 heavy (non-hydrogen) atoms. The van der Waals surface area contributed by atoms with Crippen LogP contribution in [-0.4, -0.2) is 111 Å². The Morgan fingerprint density at radius 3 is 1.29 bits per heavy atom. The van der Waals surface area contributed by atoms with Crippen LogP contribution < -0.4 is 16.4 Å². The summed E-state index contributed by atoms with van der Waals surface area (Å²) < 4.78 is 39.0. The fraction of sp³-hybridized carbons (Fsp3) is 0.100. The summed E-state index contributed by atoms with van der Waals surface area (Å²) in [6, 6.07) is 25.5. The van der Waals surface area contributed by atoms with Crippen LogP contribution >= 0.6 is 57.2 Å². The van der Waals surface area contributed by atoms with E-state index in [1.807, 2.05) is 0 Å². The van der Waals surface area contributed by atoms with Crippen LogP contribution in [0.5, 0.6) is 0 Å². The van der Waals surface area contributed by atoms with E-state index >= 15 is 0 Å². The third-order valence-corrected chi connectivity index (χ3v) is 5.85. The quantitative estimate of drug-likeness (QED) is 0.137. The van der Waals surface area contributed by atoms with Gasteiger partial charge in [-0.15, -0.1) is 34.0 Å². The average molecular weight is 946 g/mol. The van der Waals surface area contributed by atoms with E-state index in [9.17, 15) is 17.3 Å². The second-order valence-corrected chi connectivity index (χ2v) is 10.4. The summed E-state index contributed by atoms with van der Waals surface area (Å²) in [6.45, 7) is 4.25. The fourth-order valence-electron chi connectivity index (χ4n) is 3.35. The molecular formula is C20H37B14Br2Cl2F4HfO2-. The van der Waals surface area contributed by atoms with Gasteiger partial charge < -0.3 is 27.3 Å². The summed E-state index contributed by atoms with van der Waals surface area (Å²) in [7, 11) is 10.7. The van der Waals surface area contributed by atoms with Gasteiger partial charge in [-0.3, -0.25) is 0 Å². The Bertz CT molecular complexity index is 986. The van der Waals surface area contributed by atoms with Crippen LogP contribution in [0.3, 0.4) is 0 Å². The summed E-state index contributed by atoms with van der Waals surface area (Å²) >= 11 is 11.2. The van der Waals surface area contributed by atoms with Crippen molar-refractivity contribution in [3.05, 3.63) is 88.9 Å². The van der Waals surface area contributed by atoms with Crippen molar-refractivity contribution in [3.63, 3.8) is 0 Å². The van der Waals surface area contributed by atoms with Crippen LogP contribution in [0.4, 0.5) is 17.3 Å². The first kappa shape index (κ1) is 55.0. The molecule has 0 radical (unpaired) electrons. The molecule has 0 unspecified atom stereocenters. The molecule has 0 heterocycles. The smallest absolute Gasteiger partial charge is 0.423 e. The Hall–Kier alpha value is 0.619. The van der Waals surface area contributed by atoms with Crippen LogP contribution in [0.1, 0.15) is 0 Å². The number of benzene rings is 3. The summed E-state index contributed by atoms with van der Waals surface area (Å²) in [6.07, 6.45) is 0. The molecule has 0 spiro atoms. The van der Waals surface area contributed by atoms with Gasteiger partial charge >= 0.3 is 14.4 Å². The Labute approximate surface area is 327 Å². The Morgan fingerprint density at radius 1 is 0.667 bits per heavy atom. The summed E-state index contributed by atoms with van der Waals surface area (Å²) in [5.74, 6) is 0. The molecule has 3 rings (SSSR count). The van der Waals surface area contributed by atoms with Crippen molar-refractivity contribution >= 4 is 174 Å². The minimum atomic E-state index is -6.00. The van der Waals surface area contributed by atoms with E-state index in [0.717, 1.165) is 7.28 Å². The molecule has 0 aliphatic carbocycles. The first-order chi connectivity index (χ1) is 19.9. The first-order valence-corrected chi connectivity index (χ1v) is 15.4. The third-order valence-electron chi connectivity index (χ3n) is 5.29. The largest absolute Gasteiger partial charge is 0.673 e. The van der Waals surface area contributed by atoms with E-state index in [1.54, 1.807) is 6.07 Å². The van der Waals surface area contributed by atoms with Gasteiger partial charge in [0.25, 0.3) is 0 Å². The maximum Gasteiger partial charge on any atom is 0.673 e. The van der Waals surface area contributed by atoms with Gasteiger partial charge in [0.05, 0.1) is 15.5 Å². The van der Waals surface area contributed by atoms with E-state index in [-0.39, 0.29) is 70.3 Å². The molecule has 3 aromatic rings. The monoisotopic (exact) mass is 947 g/mol. The molecule has 0 saturated carbocycles. The standard InChI is InChI=1S/C12H11B.C6H5BCl2O2.C2H7B.B10H12.BF4.2BrH.Hf/c1-3-7-11(8-4-1)13-12-9-5-2-6-10-12;8-4-1-2-5(7(10)11)6(9)3-4;1-3-2;1-3-5-7-9-10-8-6-4-2;2-1(3,4)5;;;/h1-10,13H;1-3,10-11H;3H,1-2H3;3-10H,1-2H2;;2*1H;/q;;;;-1;;;. The zero-order valence-electron chi connectivity index (χ0n) is 26.7.